The standard InChI is InChI=1S/C15H16O4/c1-10(9-15(16)17)13-7-8-14(19-13)11-3-5-12(18-2)6-4-11/h3-8,10H,9H2,1-2H3,(H,16,17). The number of benzene rings is 1. The average Bonchev–Trinajstić information content (AvgIpc) is 2.88. The van der Waals surface area contributed by atoms with Crippen LogP contribution in [0.4, 0.5) is 0 Å². The summed E-state index contributed by atoms with van der Waals surface area (Å²) in [5.41, 5.74) is 0.939. The van der Waals surface area contributed by atoms with Crippen LogP contribution < -0.4 is 4.74 Å². The van der Waals surface area contributed by atoms with Crippen molar-refractivity contribution in [3.8, 4) is 17.1 Å². The van der Waals surface area contributed by atoms with Crippen molar-refractivity contribution in [2.45, 2.75) is 19.3 Å². The molecule has 0 spiro atoms. The summed E-state index contributed by atoms with van der Waals surface area (Å²) in [5.74, 6) is 1.25. The van der Waals surface area contributed by atoms with Crippen molar-refractivity contribution < 1.29 is 19.1 Å². The van der Waals surface area contributed by atoms with Gasteiger partial charge in [-0.05, 0) is 36.4 Å². The Bertz CT molecular complexity index is 554. The monoisotopic (exact) mass is 260 g/mol. The van der Waals surface area contributed by atoms with E-state index in [9.17, 15) is 4.79 Å². The number of methoxy groups -OCH3 is 1. The zero-order valence-electron chi connectivity index (χ0n) is 10.9. The highest BCUT2D eigenvalue weighted by atomic mass is 16.5. The van der Waals surface area contributed by atoms with Gasteiger partial charge in [-0.15, -0.1) is 0 Å². The van der Waals surface area contributed by atoms with Gasteiger partial charge < -0.3 is 14.3 Å². The van der Waals surface area contributed by atoms with Crippen molar-refractivity contribution >= 4 is 5.97 Å². The van der Waals surface area contributed by atoms with Crippen LogP contribution in [0.3, 0.4) is 0 Å². The third-order valence-corrected chi connectivity index (χ3v) is 2.97. The fraction of sp³-hybridized carbons (Fsp3) is 0.267. The van der Waals surface area contributed by atoms with E-state index in [1.807, 2.05) is 43.3 Å². The number of carboxylic acids is 1. The van der Waals surface area contributed by atoms with Gasteiger partial charge in [0.15, 0.2) is 0 Å². The summed E-state index contributed by atoms with van der Waals surface area (Å²) in [6.45, 7) is 1.84. The number of ether oxygens (including phenoxy) is 1. The van der Waals surface area contributed by atoms with E-state index in [1.165, 1.54) is 0 Å². The van der Waals surface area contributed by atoms with Gasteiger partial charge in [0.05, 0.1) is 13.5 Å². The van der Waals surface area contributed by atoms with Crippen LogP contribution in [0.2, 0.25) is 0 Å². The Labute approximate surface area is 111 Å². The van der Waals surface area contributed by atoms with Gasteiger partial charge in [0.25, 0.3) is 0 Å². The molecule has 100 valence electrons. The summed E-state index contributed by atoms with van der Waals surface area (Å²) in [6.07, 6.45) is 0.0650. The van der Waals surface area contributed by atoms with Crippen molar-refractivity contribution in [2.75, 3.05) is 7.11 Å². The lowest BCUT2D eigenvalue weighted by molar-refractivity contribution is -0.137. The fourth-order valence-corrected chi connectivity index (χ4v) is 1.89. The molecule has 0 saturated carbocycles. The molecular weight excluding hydrogens is 244 g/mol. The molecule has 0 fully saturated rings. The number of carboxylic acid groups (broad SMARTS) is 1. The first-order chi connectivity index (χ1) is 9.10. The topological polar surface area (TPSA) is 59.7 Å². The van der Waals surface area contributed by atoms with Gasteiger partial charge in [-0.3, -0.25) is 4.79 Å². The molecule has 0 aliphatic heterocycles. The predicted octanol–water partition coefficient (Wildman–Crippen LogP) is 3.53. The summed E-state index contributed by atoms with van der Waals surface area (Å²) in [5, 5.41) is 8.77. The molecule has 1 aromatic carbocycles. The summed E-state index contributed by atoms with van der Waals surface area (Å²) >= 11 is 0. The van der Waals surface area contributed by atoms with Crippen LogP contribution in [-0.2, 0) is 4.79 Å². The molecule has 1 aromatic heterocycles. The second kappa shape index (κ2) is 5.61. The van der Waals surface area contributed by atoms with Crippen LogP contribution in [0.15, 0.2) is 40.8 Å². The number of rotatable bonds is 5. The Kier molecular flexibility index (Phi) is 3.90. The lowest BCUT2D eigenvalue weighted by atomic mass is 10.1. The molecule has 2 rings (SSSR count). The Hall–Kier alpha value is -2.23. The second-order valence-corrected chi connectivity index (χ2v) is 4.43. The normalized spacial score (nSPS) is 12.1. The highest BCUT2D eigenvalue weighted by Gasteiger charge is 2.14. The van der Waals surface area contributed by atoms with Gasteiger partial charge in [-0.1, -0.05) is 6.92 Å². The van der Waals surface area contributed by atoms with Crippen LogP contribution >= 0.6 is 0 Å². The summed E-state index contributed by atoms with van der Waals surface area (Å²) in [7, 11) is 1.62. The van der Waals surface area contributed by atoms with Gasteiger partial charge in [0, 0.05) is 11.5 Å². The van der Waals surface area contributed by atoms with E-state index in [-0.39, 0.29) is 12.3 Å². The number of hydrogen-bond acceptors (Lipinski definition) is 3. The molecule has 1 atom stereocenters. The van der Waals surface area contributed by atoms with Crippen LogP contribution in [-0.4, -0.2) is 18.2 Å². The highest BCUT2D eigenvalue weighted by molar-refractivity contribution is 5.68. The number of aliphatic carboxylic acids is 1. The molecule has 19 heavy (non-hydrogen) atoms. The lowest BCUT2D eigenvalue weighted by Crippen LogP contribution is -2.01. The van der Waals surface area contributed by atoms with E-state index in [1.54, 1.807) is 7.11 Å². The molecule has 1 N–H and O–H groups in total. The van der Waals surface area contributed by atoms with Crippen molar-refractivity contribution in [3.63, 3.8) is 0 Å². The molecule has 0 radical (unpaired) electrons. The summed E-state index contributed by atoms with van der Waals surface area (Å²) < 4.78 is 10.8. The molecule has 0 amide bonds. The van der Waals surface area contributed by atoms with Crippen molar-refractivity contribution in [1.29, 1.82) is 0 Å². The predicted molar refractivity (Wildman–Crippen MR) is 71.4 cm³/mol. The van der Waals surface area contributed by atoms with Crippen LogP contribution in [0.25, 0.3) is 11.3 Å². The first-order valence-corrected chi connectivity index (χ1v) is 6.06. The fourth-order valence-electron chi connectivity index (χ4n) is 1.89. The maximum absolute atomic E-state index is 10.7. The zero-order valence-corrected chi connectivity index (χ0v) is 10.9. The van der Waals surface area contributed by atoms with Crippen molar-refractivity contribution in [1.82, 2.24) is 0 Å². The van der Waals surface area contributed by atoms with Crippen LogP contribution in [0.1, 0.15) is 25.0 Å². The van der Waals surface area contributed by atoms with E-state index in [0.29, 0.717) is 5.76 Å². The zero-order chi connectivity index (χ0) is 13.8. The van der Waals surface area contributed by atoms with E-state index in [0.717, 1.165) is 17.1 Å². The summed E-state index contributed by atoms with van der Waals surface area (Å²) in [6, 6.07) is 11.2. The van der Waals surface area contributed by atoms with Gasteiger partial charge in [-0.25, -0.2) is 0 Å². The summed E-state index contributed by atoms with van der Waals surface area (Å²) in [4.78, 5) is 10.7. The maximum Gasteiger partial charge on any atom is 0.304 e. The van der Waals surface area contributed by atoms with E-state index in [2.05, 4.69) is 0 Å². The third kappa shape index (κ3) is 3.16. The maximum atomic E-state index is 10.7. The lowest BCUT2D eigenvalue weighted by Gasteiger charge is -2.04. The van der Waals surface area contributed by atoms with Crippen molar-refractivity contribution in [3.05, 3.63) is 42.2 Å². The van der Waals surface area contributed by atoms with E-state index in [4.69, 9.17) is 14.3 Å². The smallest absolute Gasteiger partial charge is 0.304 e. The minimum atomic E-state index is -0.824. The van der Waals surface area contributed by atoms with Gasteiger partial charge in [0.1, 0.15) is 17.3 Å². The first kappa shape index (κ1) is 13.2. The van der Waals surface area contributed by atoms with Gasteiger partial charge >= 0.3 is 5.97 Å². The molecule has 0 saturated heterocycles. The minimum absolute atomic E-state index is 0.0650. The molecule has 0 aliphatic rings. The molecular formula is C15H16O4. The molecule has 2 aromatic rings. The van der Waals surface area contributed by atoms with Gasteiger partial charge in [-0.2, -0.15) is 0 Å². The Morgan fingerprint density at radius 2 is 1.95 bits per heavy atom. The SMILES string of the molecule is COc1ccc(-c2ccc(C(C)CC(=O)O)o2)cc1. The average molecular weight is 260 g/mol. The molecule has 0 bridgehead atoms. The highest BCUT2D eigenvalue weighted by Crippen LogP contribution is 2.28. The Morgan fingerprint density at radius 1 is 1.26 bits per heavy atom. The van der Waals surface area contributed by atoms with Crippen LogP contribution in [0.5, 0.6) is 5.75 Å². The number of furan rings is 1. The Morgan fingerprint density at radius 3 is 2.53 bits per heavy atom. The van der Waals surface area contributed by atoms with Crippen LogP contribution in [0, 0.1) is 0 Å². The molecule has 0 aliphatic carbocycles. The number of hydrogen-bond donors (Lipinski definition) is 1. The first-order valence-electron chi connectivity index (χ1n) is 6.06. The van der Waals surface area contributed by atoms with Crippen molar-refractivity contribution in [2.24, 2.45) is 0 Å². The van der Waals surface area contributed by atoms with Gasteiger partial charge in [0.2, 0.25) is 0 Å². The van der Waals surface area contributed by atoms with E-state index >= 15 is 0 Å². The number of carbonyl (C=O) groups is 1. The van der Waals surface area contributed by atoms with E-state index < -0.39 is 5.97 Å². The minimum Gasteiger partial charge on any atom is -0.497 e. The molecule has 4 nitrogen and oxygen atoms in total. The Balaban J connectivity index is 2.17. The third-order valence-electron chi connectivity index (χ3n) is 2.97. The quantitative estimate of drug-likeness (QED) is 0.893. The molecule has 1 heterocycles. The largest absolute Gasteiger partial charge is 0.497 e. The molecule has 1 unspecified atom stereocenters. The second-order valence-electron chi connectivity index (χ2n) is 4.43. The molecule has 4 heteroatoms.